The van der Waals surface area contributed by atoms with Gasteiger partial charge in [0.25, 0.3) is 5.91 Å². The van der Waals surface area contributed by atoms with Crippen molar-refractivity contribution >= 4 is 22.6 Å². The highest BCUT2D eigenvalue weighted by Gasteiger charge is 2.31. The van der Waals surface area contributed by atoms with Crippen LogP contribution in [0.2, 0.25) is 0 Å². The van der Waals surface area contributed by atoms with Crippen molar-refractivity contribution in [2.45, 2.75) is 19.0 Å². The Hall–Kier alpha value is -3.41. The van der Waals surface area contributed by atoms with Crippen molar-refractivity contribution < 1.29 is 9.59 Å². The van der Waals surface area contributed by atoms with E-state index in [1.807, 2.05) is 24.3 Å². The third-order valence-corrected chi connectivity index (χ3v) is 5.14. The molecule has 1 saturated heterocycles. The molecule has 0 bridgehead atoms. The first-order chi connectivity index (χ1) is 13.5. The van der Waals surface area contributed by atoms with Crippen LogP contribution < -0.4 is 10.9 Å². The molecule has 4 rings (SSSR count). The second-order valence-corrected chi connectivity index (χ2v) is 7.15. The standard InChI is InChI=1S/C22H21N3O3/c1-24-12-17(9-10-20(24)26)22(28)23-18-11-21(27)25(14-18)13-16-7-4-6-15-5-2-3-8-19(15)16/h2-10,12,18H,11,13-14H2,1H3,(H,23,28). The Morgan fingerprint density at radius 2 is 1.86 bits per heavy atom. The number of benzene rings is 2. The molecule has 2 amide bonds. The van der Waals surface area contributed by atoms with Crippen molar-refractivity contribution in [1.29, 1.82) is 0 Å². The predicted octanol–water partition coefficient (Wildman–Crippen LogP) is 2.07. The summed E-state index contributed by atoms with van der Waals surface area (Å²) in [6, 6.07) is 16.8. The first-order valence-corrected chi connectivity index (χ1v) is 9.23. The normalized spacial score (nSPS) is 16.5. The molecule has 142 valence electrons. The molecule has 1 unspecified atom stereocenters. The third kappa shape index (κ3) is 3.53. The molecule has 0 spiro atoms. The molecular weight excluding hydrogens is 354 g/mol. The molecule has 1 aromatic heterocycles. The minimum absolute atomic E-state index is 0.0266. The van der Waals surface area contributed by atoms with Crippen LogP contribution in [0.15, 0.2) is 65.6 Å². The topological polar surface area (TPSA) is 71.4 Å². The van der Waals surface area contributed by atoms with Crippen molar-refractivity contribution in [3.05, 3.63) is 82.3 Å². The molecule has 2 aromatic carbocycles. The highest BCUT2D eigenvalue weighted by Crippen LogP contribution is 2.22. The number of carbonyl (C=O) groups is 2. The molecule has 1 N–H and O–H groups in total. The van der Waals surface area contributed by atoms with Gasteiger partial charge in [0, 0.05) is 38.8 Å². The van der Waals surface area contributed by atoms with Gasteiger partial charge in [0.1, 0.15) is 0 Å². The minimum atomic E-state index is -0.277. The monoisotopic (exact) mass is 375 g/mol. The van der Waals surface area contributed by atoms with E-state index in [1.54, 1.807) is 11.9 Å². The van der Waals surface area contributed by atoms with Crippen LogP contribution in [0, 0.1) is 0 Å². The Bertz CT molecular complexity index is 1110. The molecule has 1 atom stereocenters. The van der Waals surface area contributed by atoms with E-state index in [0.717, 1.165) is 16.3 Å². The highest BCUT2D eigenvalue weighted by atomic mass is 16.2. The number of aromatic nitrogens is 1. The second kappa shape index (κ2) is 7.31. The summed E-state index contributed by atoms with van der Waals surface area (Å²) in [5, 5.41) is 5.19. The van der Waals surface area contributed by atoms with Gasteiger partial charge in [0.15, 0.2) is 0 Å². The fourth-order valence-electron chi connectivity index (χ4n) is 3.65. The van der Waals surface area contributed by atoms with Gasteiger partial charge in [-0.2, -0.15) is 0 Å². The maximum absolute atomic E-state index is 12.5. The SMILES string of the molecule is Cn1cc(C(=O)NC2CC(=O)N(Cc3cccc4ccccc34)C2)ccc1=O. The predicted molar refractivity (Wildman–Crippen MR) is 107 cm³/mol. The van der Waals surface area contributed by atoms with Gasteiger partial charge in [0.2, 0.25) is 11.5 Å². The van der Waals surface area contributed by atoms with E-state index >= 15 is 0 Å². The van der Waals surface area contributed by atoms with E-state index in [1.165, 1.54) is 22.9 Å². The van der Waals surface area contributed by atoms with Gasteiger partial charge in [-0.05, 0) is 22.4 Å². The van der Waals surface area contributed by atoms with Crippen LogP contribution in [0.25, 0.3) is 10.8 Å². The second-order valence-electron chi connectivity index (χ2n) is 7.15. The fourth-order valence-corrected chi connectivity index (χ4v) is 3.65. The smallest absolute Gasteiger partial charge is 0.253 e. The van der Waals surface area contributed by atoms with E-state index in [2.05, 4.69) is 23.5 Å². The lowest BCUT2D eigenvalue weighted by Crippen LogP contribution is -2.37. The molecule has 3 aromatic rings. The largest absolute Gasteiger partial charge is 0.347 e. The van der Waals surface area contributed by atoms with Gasteiger partial charge in [-0.1, -0.05) is 42.5 Å². The van der Waals surface area contributed by atoms with E-state index in [-0.39, 0.29) is 29.8 Å². The van der Waals surface area contributed by atoms with E-state index in [9.17, 15) is 14.4 Å². The zero-order valence-electron chi connectivity index (χ0n) is 15.6. The molecule has 2 heterocycles. The van der Waals surface area contributed by atoms with E-state index in [0.29, 0.717) is 18.7 Å². The molecule has 1 aliphatic heterocycles. The van der Waals surface area contributed by atoms with Crippen molar-refractivity contribution in [2.75, 3.05) is 6.54 Å². The zero-order valence-corrected chi connectivity index (χ0v) is 15.6. The van der Waals surface area contributed by atoms with Crippen LogP contribution in [0.3, 0.4) is 0 Å². The molecule has 28 heavy (non-hydrogen) atoms. The summed E-state index contributed by atoms with van der Waals surface area (Å²) in [5.74, 6) is -0.251. The number of nitrogens with one attached hydrogen (secondary N) is 1. The number of pyridine rings is 1. The van der Waals surface area contributed by atoms with Crippen molar-refractivity contribution in [1.82, 2.24) is 14.8 Å². The van der Waals surface area contributed by atoms with Crippen LogP contribution >= 0.6 is 0 Å². The molecule has 0 saturated carbocycles. The maximum Gasteiger partial charge on any atom is 0.253 e. The highest BCUT2D eigenvalue weighted by molar-refractivity contribution is 5.94. The van der Waals surface area contributed by atoms with Crippen molar-refractivity contribution in [2.24, 2.45) is 7.05 Å². The Morgan fingerprint density at radius 1 is 1.07 bits per heavy atom. The van der Waals surface area contributed by atoms with Crippen LogP contribution in [0.5, 0.6) is 0 Å². The minimum Gasteiger partial charge on any atom is -0.347 e. The van der Waals surface area contributed by atoms with Crippen LogP contribution in [0.4, 0.5) is 0 Å². The third-order valence-electron chi connectivity index (χ3n) is 5.14. The van der Waals surface area contributed by atoms with Gasteiger partial charge in [-0.25, -0.2) is 0 Å². The van der Waals surface area contributed by atoms with Crippen molar-refractivity contribution in [3.8, 4) is 0 Å². The molecule has 6 nitrogen and oxygen atoms in total. The molecular formula is C22H21N3O3. The average Bonchev–Trinajstić information content (AvgIpc) is 3.03. The number of carbonyl (C=O) groups excluding carboxylic acids is 2. The Labute approximate surface area is 162 Å². The Balaban J connectivity index is 1.46. The number of amides is 2. The van der Waals surface area contributed by atoms with Gasteiger partial charge in [0.05, 0.1) is 11.6 Å². The number of aryl methyl sites for hydroxylation is 1. The van der Waals surface area contributed by atoms with Crippen LogP contribution in [-0.2, 0) is 18.4 Å². The molecule has 1 aliphatic rings. The molecule has 6 heteroatoms. The fraction of sp³-hybridized carbons (Fsp3) is 0.227. The maximum atomic E-state index is 12.5. The van der Waals surface area contributed by atoms with Gasteiger partial charge in [-0.3, -0.25) is 14.4 Å². The van der Waals surface area contributed by atoms with Crippen LogP contribution in [-0.4, -0.2) is 33.9 Å². The summed E-state index contributed by atoms with van der Waals surface area (Å²) < 4.78 is 1.36. The number of likely N-dealkylation sites (tertiary alicyclic amines) is 1. The zero-order chi connectivity index (χ0) is 19.7. The van der Waals surface area contributed by atoms with Crippen LogP contribution in [0.1, 0.15) is 22.3 Å². The summed E-state index contributed by atoms with van der Waals surface area (Å²) in [4.78, 5) is 38.2. The number of hydrogen-bond donors (Lipinski definition) is 1. The summed E-state index contributed by atoms with van der Waals surface area (Å²) in [6.07, 6.45) is 1.78. The number of nitrogens with zero attached hydrogens (tertiary/aromatic N) is 2. The summed E-state index contributed by atoms with van der Waals surface area (Å²) in [5.41, 5.74) is 1.33. The van der Waals surface area contributed by atoms with E-state index < -0.39 is 0 Å². The van der Waals surface area contributed by atoms with Gasteiger partial charge < -0.3 is 14.8 Å². The van der Waals surface area contributed by atoms with Crippen molar-refractivity contribution in [3.63, 3.8) is 0 Å². The number of fused-ring (bicyclic) bond motifs is 1. The van der Waals surface area contributed by atoms with Gasteiger partial charge >= 0.3 is 0 Å². The summed E-state index contributed by atoms with van der Waals surface area (Å²) in [7, 11) is 1.60. The Kier molecular flexibility index (Phi) is 4.69. The quantitative estimate of drug-likeness (QED) is 0.759. The Morgan fingerprint density at radius 3 is 2.68 bits per heavy atom. The van der Waals surface area contributed by atoms with E-state index in [4.69, 9.17) is 0 Å². The molecule has 0 aliphatic carbocycles. The summed E-state index contributed by atoms with van der Waals surface area (Å²) in [6.45, 7) is 0.992. The summed E-state index contributed by atoms with van der Waals surface area (Å²) >= 11 is 0. The number of rotatable bonds is 4. The molecule has 0 radical (unpaired) electrons. The van der Waals surface area contributed by atoms with Gasteiger partial charge in [-0.15, -0.1) is 0 Å². The average molecular weight is 375 g/mol. The first kappa shape index (κ1) is 18.0. The lowest BCUT2D eigenvalue weighted by Gasteiger charge is -2.18. The lowest BCUT2D eigenvalue weighted by atomic mass is 10.0. The number of hydrogen-bond acceptors (Lipinski definition) is 3. The lowest BCUT2D eigenvalue weighted by molar-refractivity contribution is -0.128. The molecule has 1 fully saturated rings. The first-order valence-electron chi connectivity index (χ1n) is 9.23.